The van der Waals surface area contributed by atoms with Gasteiger partial charge in [-0.2, -0.15) is 0 Å². The first-order valence-corrected chi connectivity index (χ1v) is 8.40. The lowest BCUT2D eigenvalue weighted by molar-refractivity contribution is -0.123. The molecule has 0 saturated carbocycles. The van der Waals surface area contributed by atoms with Crippen LogP contribution < -0.4 is 0 Å². The Morgan fingerprint density at radius 1 is 1.12 bits per heavy atom. The second kappa shape index (κ2) is 11.5. The van der Waals surface area contributed by atoms with E-state index in [1.165, 1.54) is 0 Å². The second-order valence-electron chi connectivity index (χ2n) is 5.40. The third-order valence-electron chi connectivity index (χ3n) is 3.57. The molecule has 5 nitrogen and oxygen atoms in total. The van der Waals surface area contributed by atoms with Crippen LogP contribution in [0.1, 0.15) is 53.9 Å². The zero-order valence-electron chi connectivity index (χ0n) is 15.3. The van der Waals surface area contributed by atoms with E-state index in [4.69, 9.17) is 9.47 Å². The molecule has 2 rings (SSSR count). The average molecular weight is 345 g/mol. The largest absolute Gasteiger partial charge is 0.384 e. The molecular weight excluding hydrogens is 318 g/mol. The van der Waals surface area contributed by atoms with Crippen LogP contribution in [0.3, 0.4) is 0 Å². The molecule has 1 aromatic carbocycles. The minimum atomic E-state index is -0.704. The molecule has 0 bridgehead atoms. The summed E-state index contributed by atoms with van der Waals surface area (Å²) in [6.07, 6.45) is 3.40. The summed E-state index contributed by atoms with van der Waals surface area (Å²) in [7, 11) is 0. The molecular formula is C20H27NO4. The van der Waals surface area contributed by atoms with Gasteiger partial charge in [-0.05, 0) is 44.9 Å². The van der Waals surface area contributed by atoms with Crippen LogP contribution in [0.5, 0.6) is 0 Å². The third kappa shape index (κ3) is 7.13. The van der Waals surface area contributed by atoms with Crippen LogP contribution in [-0.4, -0.2) is 35.9 Å². The van der Waals surface area contributed by atoms with Crippen LogP contribution >= 0.6 is 0 Å². The maximum Gasteiger partial charge on any atom is 0.154 e. The summed E-state index contributed by atoms with van der Waals surface area (Å²) >= 11 is 0. The molecule has 25 heavy (non-hydrogen) atoms. The normalized spacial score (nSPS) is 11.6. The van der Waals surface area contributed by atoms with Crippen LogP contribution in [0.15, 0.2) is 42.7 Å². The summed E-state index contributed by atoms with van der Waals surface area (Å²) in [5.74, 6) is 0. The number of pyridine rings is 1. The Balaban J connectivity index is 0.000000333. The number of hydrogen-bond acceptors (Lipinski definition) is 5. The van der Waals surface area contributed by atoms with E-state index in [1.54, 1.807) is 36.7 Å². The van der Waals surface area contributed by atoms with E-state index in [0.29, 0.717) is 5.56 Å². The van der Waals surface area contributed by atoms with Gasteiger partial charge in [0.25, 0.3) is 0 Å². The average Bonchev–Trinajstić information content (AvgIpc) is 2.63. The number of aryl methyl sites for hydroxylation is 1. The maximum absolute atomic E-state index is 10.5. The Bertz CT molecular complexity index is 622. The fraction of sp³-hybridized carbons (Fsp3) is 0.400. The standard InChI is InChI=1S/C14H13NO2.C6H14O2/c1-10-6-7-15-8-13(10)14(17)12-4-2-11(9-16)3-5-12;1-4-7-6(3)8-5-2/h2-9,14,17H,1H3;6H,4-5H2,1-3H3. The highest BCUT2D eigenvalue weighted by molar-refractivity contribution is 5.74. The summed E-state index contributed by atoms with van der Waals surface area (Å²) in [4.78, 5) is 14.5. The van der Waals surface area contributed by atoms with Gasteiger partial charge in [0.05, 0.1) is 0 Å². The fourth-order valence-electron chi connectivity index (χ4n) is 2.22. The van der Waals surface area contributed by atoms with Crippen molar-refractivity contribution in [1.82, 2.24) is 4.98 Å². The van der Waals surface area contributed by atoms with Crippen LogP contribution in [0.4, 0.5) is 0 Å². The smallest absolute Gasteiger partial charge is 0.154 e. The van der Waals surface area contributed by atoms with E-state index in [1.807, 2.05) is 33.8 Å². The lowest BCUT2D eigenvalue weighted by Gasteiger charge is -2.13. The van der Waals surface area contributed by atoms with Crippen LogP contribution in [0.25, 0.3) is 0 Å². The fourth-order valence-corrected chi connectivity index (χ4v) is 2.22. The van der Waals surface area contributed by atoms with Crippen LogP contribution in [0, 0.1) is 6.92 Å². The van der Waals surface area contributed by atoms with Gasteiger partial charge < -0.3 is 14.6 Å². The number of benzene rings is 1. The quantitative estimate of drug-likeness (QED) is 0.612. The van der Waals surface area contributed by atoms with Gasteiger partial charge in [-0.25, -0.2) is 0 Å². The lowest BCUT2D eigenvalue weighted by Crippen LogP contribution is -2.11. The van der Waals surface area contributed by atoms with Gasteiger partial charge in [-0.1, -0.05) is 24.3 Å². The molecule has 0 aliphatic carbocycles. The van der Waals surface area contributed by atoms with Gasteiger partial charge in [0, 0.05) is 36.7 Å². The molecule has 0 aliphatic heterocycles. The van der Waals surface area contributed by atoms with E-state index < -0.39 is 6.10 Å². The lowest BCUT2D eigenvalue weighted by atomic mass is 9.99. The zero-order chi connectivity index (χ0) is 18.7. The van der Waals surface area contributed by atoms with E-state index in [0.717, 1.165) is 36.2 Å². The molecule has 0 amide bonds. The number of aliphatic hydroxyl groups excluding tert-OH is 1. The monoisotopic (exact) mass is 345 g/mol. The molecule has 0 radical (unpaired) electrons. The number of aromatic nitrogens is 1. The Labute approximate surface area is 149 Å². The molecule has 0 fully saturated rings. The molecule has 1 unspecified atom stereocenters. The minimum absolute atomic E-state index is 0.0370. The van der Waals surface area contributed by atoms with Crippen molar-refractivity contribution < 1.29 is 19.4 Å². The van der Waals surface area contributed by atoms with Gasteiger partial charge in [0.15, 0.2) is 6.29 Å². The highest BCUT2D eigenvalue weighted by Gasteiger charge is 2.12. The summed E-state index contributed by atoms with van der Waals surface area (Å²) < 4.78 is 10.1. The van der Waals surface area contributed by atoms with E-state index in [9.17, 15) is 9.90 Å². The van der Waals surface area contributed by atoms with Crippen molar-refractivity contribution in [3.8, 4) is 0 Å². The first-order valence-electron chi connectivity index (χ1n) is 8.40. The van der Waals surface area contributed by atoms with Crippen LogP contribution in [0.2, 0.25) is 0 Å². The van der Waals surface area contributed by atoms with Crippen molar-refractivity contribution >= 4 is 6.29 Å². The van der Waals surface area contributed by atoms with Crippen molar-refractivity contribution in [2.45, 2.75) is 40.1 Å². The molecule has 136 valence electrons. The number of aldehydes is 1. The molecule has 1 N–H and O–H groups in total. The topological polar surface area (TPSA) is 68.7 Å². The Morgan fingerprint density at radius 3 is 2.20 bits per heavy atom. The van der Waals surface area contributed by atoms with Crippen LogP contribution in [-0.2, 0) is 9.47 Å². The predicted octanol–water partition coefficient (Wildman–Crippen LogP) is 3.69. The number of ether oxygens (including phenoxy) is 2. The Hall–Kier alpha value is -2.08. The highest BCUT2D eigenvalue weighted by Crippen LogP contribution is 2.23. The third-order valence-corrected chi connectivity index (χ3v) is 3.57. The van der Waals surface area contributed by atoms with Crippen molar-refractivity contribution in [3.63, 3.8) is 0 Å². The molecule has 0 spiro atoms. The van der Waals surface area contributed by atoms with Gasteiger partial charge in [0.1, 0.15) is 12.4 Å². The highest BCUT2D eigenvalue weighted by atomic mass is 16.7. The number of nitrogens with zero attached hydrogens (tertiary/aromatic N) is 1. The van der Waals surface area contributed by atoms with E-state index in [-0.39, 0.29) is 6.29 Å². The summed E-state index contributed by atoms with van der Waals surface area (Å²) in [6, 6.07) is 8.74. The summed E-state index contributed by atoms with van der Waals surface area (Å²) in [5.41, 5.74) is 3.13. The van der Waals surface area contributed by atoms with Crippen molar-refractivity contribution in [3.05, 3.63) is 65.0 Å². The van der Waals surface area contributed by atoms with Crippen molar-refractivity contribution in [2.24, 2.45) is 0 Å². The SMILES string of the molecule is CCOC(C)OCC.Cc1ccncc1C(O)c1ccc(C=O)cc1. The summed E-state index contributed by atoms with van der Waals surface area (Å²) in [5, 5.41) is 10.2. The second-order valence-corrected chi connectivity index (χ2v) is 5.40. The number of rotatable bonds is 7. The Morgan fingerprint density at radius 2 is 1.72 bits per heavy atom. The van der Waals surface area contributed by atoms with Gasteiger partial charge in [0.2, 0.25) is 0 Å². The van der Waals surface area contributed by atoms with E-state index in [2.05, 4.69) is 4.98 Å². The Kier molecular flexibility index (Phi) is 9.62. The first kappa shape index (κ1) is 21.0. The number of hydrogen-bond donors (Lipinski definition) is 1. The minimum Gasteiger partial charge on any atom is -0.384 e. The molecule has 0 saturated heterocycles. The van der Waals surface area contributed by atoms with Gasteiger partial charge in [-0.15, -0.1) is 0 Å². The molecule has 1 aromatic heterocycles. The maximum atomic E-state index is 10.5. The molecule has 1 atom stereocenters. The predicted molar refractivity (Wildman–Crippen MR) is 97.6 cm³/mol. The molecule has 2 aromatic rings. The number of aliphatic hydroxyl groups is 1. The molecule has 1 heterocycles. The number of carbonyl (C=O) groups excluding carboxylic acids is 1. The van der Waals surface area contributed by atoms with Gasteiger partial charge in [-0.3, -0.25) is 9.78 Å². The molecule has 0 aliphatic rings. The summed E-state index contributed by atoms with van der Waals surface area (Å²) in [6.45, 7) is 9.18. The number of carbonyl (C=O) groups is 1. The van der Waals surface area contributed by atoms with Crippen molar-refractivity contribution in [1.29, 1.82) is 0 Å². The zero-order valence-corrected chi connectivity index (χ0v) is 15.3. The van der Waals surface area contributed by atoms with Crippen molar-refractivity contribution in [2.75, 3.05) is 13.2 Å². The van der Waals surface area contributed by atoms with E-state index >= 15 is 0 Å². The first-order chi connectivity index (χ1) is 12.0. The molecule has 5 heteroatoms. The van der Waals surface area contributed by atoms with Gasteiger partial charge >= 0.3 is 0 Å².